The highest BCUT2D eigenvalue weighted by Crippen LogP contribution is 2.42. The van der Waals surface area contributed by atoms with E-state index in [1.807, 2.05) is 61.6 Å². The second-order valence-corrected chi connectivity index (χ2v) is 7.94. The molecule has 1 saturated heterocycles. The van der Waals surface area contributed by atoms with E-state index in [1.54, 1.807) is 0 Å². The molecule has 3 unspecified atom stereocenters. The third-order valence-corrected chi connectivity index (χ3v) is 6.74. The topological polar surface area (TPSA) is 29.5 Å². The lowest BCUT2D eigenvalue weighted by molar-refractivity contribution is 0.161. The van der Waals surface area contributed by atoms with Gasteiger partial charge < -0.3 is 9.84 Å². The second kappa shape index (κ2) is 7.62. The van der Waals surface area contributed by atoms with Crippen LogP contribution in [0.1, 0.15) is 38.9 Å². The van der Waals surface area contributed by atoms with Crippen LogP contribution in [-0.2, 0) is 0 Å². The third-order valence-electron chi connectivity index (χ3n) is 3.41. The number of hydrogen-bond acceptors (Lipinski definition) is 4. The minimum atomic E-state index is -0.451. The Morgan fingerprint density at radius 1 is 1.25 bits per heavy atom. The molecule has 3 atom stereocenters. The summed E-state index contributed by atoms with van der Waals surface area (Å²) in [6.07, 6.45) is 0.776. The van der Waals surface area contributed by atoms with Gasteiger partial charge >= 0.3 is 0 Å². The van der Waals surface area contributed by atoms with Gasteiger partial charge in [0.15, 0.2) is 0 Å². The minimum absolute atomic E-state index is 0.124. The van der Waals surface area contributed by atoms with Crippen molar-refractivity contribution < 1.29 is 9.84 Å². The van der Waals surface area contributed by atoms with Crippen molar-refractivity contribution in [3.8, 4) is 5.75 Å². The molecule has 1 heterocycles. The summed E-state index contributed by atoms with van der Waals surface area (Å²) in [5.74, 6) is 3.13. The molecule has 1 aromatic rings. The normalized spacial score (nSPS) is 24.6. The maximum absolute atomic E-state index is 10.8. The summed E-state index contributed by atoms with van der Waals surface area (Å²) in [6, 6.07) is 7.90. The van der Waals surface area contributed by atoms with Crippen molar-refractivity contribution in [1.29, 1.82) is 0 Å². The van der Waals surface area contributed by atoms with Crippen molar-refractivity contribution in [1.82, 2.24) is 0 Å². The number of thioether (sulfide) groups is 2. The van der Waals surface area contributed by atoms with E-state index in [0.29, 0.717) is 5.25 Å². The number of rotatable bonds is 5. The lowest BCUT2D eigenvalue weighted by atomic mass is 10.0. The molecule has 0 radical (unpaired) electrons. The second-order valence-electron chi connectivity index (χ2n) is 5.30. The van der Waals surface area contributed by atoms with Crippen LogP contribution in [0.3, 0.4) is 0 Å². The molecule has 1 aliphatic heterocycles. The number of ether oxygens (including phenoxy) is 1. The number of para-hydroxylation sites is 1. The molecule has 2 nitrogen and oxygen atoms in total. The lowest BCUT2D eigenvalue weighted by Gasteiger charge is -2.34. The van der Waals surface area contributed by atoms with E-state index >= 15 is 0 Å². The fourth-order valence-corrected chi connectivity index (χ4v) is 5.62. The molecule has 0 spiro atoms. The van der Waals surface area contributed by atoms with Gasteiger partial charge in [0.1, 0.15) is 5.75 Å². The molecule has 4 heteroatoms. The van der Waals surface area contributed by atoms with Crippen molar-refractivity contribution in [2.75, 3.05) is 11.5 Å². The minimum Gasteiger partial charge on any atom is -0.491 e. The summed E-state index contributed by atoms with van der Waals surface area (Å²) >= 11 is 3.89. The van der Waals surface area contributed by atoms with Gasteiger partial charge in [-0.15, -0.1) is 0 Å². The summed E-state index contributed by atoms with van der Waals surface area (Å²) in [4.78, 5) is 0. The average Bonchev–Trinajstić information content (AvgIpc) is 2.46. The Morgan fingerprint density at radius 2 is 1.95 bits per heavy atom. The highest BCUT2D eigenvalue weighted by atomic mass is 32.2. The van der Waals surface area contributed by atoms with E-state index < -0.39 is 6.10 Å². The SMILES string of the molecule is CCC1SCCSC1C(O)c1ccccc1OC(C)C. The van der Waals surface area contributed by atoms with Gasteiger partial charge in [0.2, 0.25) is 0 Å². The Hall–Kier alpha value is -0.320. The third kappa shape index (κ3) is 3.86. The Labute approximate surface area is 130 Å². The van der Waals surface area contributed by atoms with Gasteiger partial charge in [0, 0.05) is 27.6 Å². The molecule has 1 aromatic carbocycles. The van der Waals surface area contributed by atoms with Crippen molar-refractivity contribution in [2.24, 2.45) is 0 Å². The molecule has 0 bridgehead atoms. The monoisotopic (exact) mass is 312 g/mol. The summed E-state index contributed by atoms with van der Waals surface area (Å²) in [7, 11) is 0. The maximum atomic E-state index is 10.8. The summed E-state index contributed by atoms with van der Waals surface area (Å²) in [6.45, 7) is 6.24. The molecular weight excluding hydrogens is 288 g/mol. The Kier molecular flexibility index (Phi) is 6.12. The van der Waals surface area contributed by atoms with Gasteiger partial charge in [-0.05, 0) is 26.3 Å². The first kappa shape index (κ1) is 16.1. The van der Waals surface area contributed by atoms with Crippen molar-refractivity contribution in [2.45, 2.75) is 49.9 Å². The number of aliphatic hydroxyl groups is 1. The van der Waals surface area contributed by atoms with Crippen molar-refractivity contribution in [3.05, 3.63) is 29.8 Å². The van der Waals surface area contributed by atoms with E-state index in [9.17, 15) is 5.11 Å². The van der Waals surface area contributed by atoms with Crippen LogP contribution in [0, 0.1) is 0 Å². The zero-order chi connectivity index (χ0) is 14.5. The molecule has 20 heavy (non-hydrogen) atoms. The smallest absolute Gasteiger partial charge is 0.125 e. The highest BCUT2D eigenvalue weighted by molar-refractivity contribution is 8.07. The van der Waals surface area contributed by atoms with Crippen molar-refractivity contribution >= 4 is 23.5 Å². The van der Waals surface area contributed by atoms with Crippen LogP contribution in [0.2, 0.25) is 0 Å². The average molecular weight is 313 g/mol. The Bertz CT molecular complexity index is 423. The molecule has 0 saturated carbocycles. The molecule has 1 N–H and O–H groups in total. The van der Waals surface area contributed by atoms with Crippen LogP contribution in [0.15, 0.2) is 24.3 Å². The number of hydrogen-bond donors (Lipinski definition) is 1. The van der Waals surface area contributed by atoms with Crippen LogP contribution in [0.4, 0.5) is 0 Å². The Morgan fingerprint density at radius 3 is 2.65 bits per heavy atom. The van der Waals surface area contributed by atoms with E-state index in [0.717, 1.165) is 23.5 Å². The molecule has 1 aliphatic rings. The molecule has 112 valence electrons. The zero-order valence-electron chi connectivity index (χ0n) is 12.4. The lowest BCUT2D eigenvalue weighted by Crippen LogP contribution is -2.31. The van der Waals surface area contributed by atoms with Crippen LogP contribution >= 0.6 is 23.5 Å². The quantitative estimate of drug-likeness (QED) is 0.885. The van der Waals surface area contributed by atoms with Crippen LogP contribution in [0.25, 0.3) is 0 Å². The number of aliphatic hydroxyl groups excluding tert-OH is 1. The summed E-state index contributed by atoms with van der Waals surface area (Å²) in [5, 5.41) is 11.6. The molecule has 0 amide bonds. The van der Waals surface area contributed by atoms with Crippen LogP contribution in [0.5, 0.6) is 5.75 Å². The predicted octanol–water partition coefficient (Wildman–Crippen LogP) is 4.13. The van der Waals surface area contributed by atoms with E-state index in [-0.39, 0.29) is 11.4 Å². The van der Waals surface area contributed by atoms with Gasteiger partial charge in [0.05, 0.1) is 12.2 Å². The molecule has 2 rings (SSSR count). The first-order valence-corrected chi connectivity index (χ1v) is 9.40. The summed E-state index contributed by atoms with van der Waals surface area (Å²) in [5.41, 5.74) is 0.930. The zero-order valence-corrected chi connectivity index (χ0v) is 14.0. The maximum Gasteiger partial charge on any atom is 0.125 e. The van der Waals surface area contributed by atoms with Crippen LogP contribution in [-0.4, -0.2) is 33.2 Å². The van der Waals surface area contributed by atoms with Gasteiger partial charge in [-0.1, -0.05) is 25.1 Å². The van der Waals surface area contributed by atoms with E-state index in [1.165, 1.54) is 5.75 Å². The van der Waals surface area contributed by atoms with E-state index in [4.69, 9.17) is 4.74 Å². The van der Waals surface area contributed by atoms with Gasteiger partial charge in [0.25, 0.3) is 0 Å². The van der Waals surface area contributed by atoms with Gasteiger partial charge in [-0.3, -0.25) is 0 Å². The standard InChI is InChI=1S/C16H24O2S2/c1-4-14-16(20-10-9-19-14)15(17)12-7-5-6-8-13(12)18-11(2)3/h5-8,11,14-17H,4,9-10H2,1-3H3. The molecule has 1 fully saturated rings. The van der Waals surface area contributed by atoms with E-state index in [2.05, 4.69) is 6.92 Å². The largest absolute Gasteiger partial charge is 0.491 e. The van der Waals surface area contributed by atoms with Gasteiger partial charge in [-0.2, -0.15) is 23.5 Å². The predicted molar refractivity (Wildman–Crippen MR) is 89.9 cm³/mol. The number of benzene rings is 1. The highest BCUT2D eigenvalue weighted by Gasteiger charge is 2.33. The van der Waals surface area contributed by atoms with Crippen molar-refractivity contribution in [3.63, 3.8) is 0 Å². The first-order valence-electron chi connectivity index (χ1n) is 7.30. The molecular formula is C16H24O2S2. The first-order chi connectivity index (χ1) is 9.63. The Balaban J connectivity index is 2.21. The molecule has 0 aromatic heterocycles. The summed E-state index contributed by atoms with van der Waals surface area (Å²) < 4.78 is 5.85. The fourth-order valence-electron chi connectivity index (χ4n) is 2.49. The molecule has 0 aliphatic carbocycles. The van der Waals surface area contributed by atoms with Crippen LogP contribution < -0.4 is 4.74 Å². The van der Waals surface area contributed by atoms with Gasteiger partial charge in [-0.25, -0.2) is 0 Å². The fraction of sp³-hybridized carbons (Fsp3) is 0.625.